The second kappa shape index (κ2) is 7.80. The highest BCUT2D eigenvalue weighted by Gasteiger charge is 2.29. The Morgan fingerprint density at radius 1 is 1.18 bits per heavy atom. The third-order valence-electron chi connectivity index (χ3n) is 5.82. The maximum Gasteiger partial charge on any atom is 0.223 e. The second-order valence-electron chi connectivity index (χ2n) is 7.54. The zero-order valence-corrected chi connectivity index (χ0v) is 16.8. The monoisotopic (exact) mass is 395 g/mol. The highest BCUT2D eigenvalue weighted by molar-refractivity contribution is 7.10. The van der Waals surface area contributed by atoms with Gasteiger partial charge in [0.1, 0.15) is 0 Å². The van der Waals surface area contributed by atoms with Crippen molar-refractivity contribution in [2.45, 2.75) is 25.2 Å². The van der Waals surface area contributed by atoms with Crippen molar-refractivity contribution in [3.05, 3.63) is 58.4 Å². The average molecular weight is 396 g/mol. The Kier molecular flexibility index (Phi) is 5.22. The van der Waals surface area contributed by atoms with Crippen LogP contribution in [0, 0.1) is 5.92 Å². The largest absolute Gasteiger partial charge is 0.369 e. The normalized spacial score (nSPS) is 16.4. The molecule has 0 saturated carbocycles. The summed E-state index contributed by atoms with van der Waals surface area (Å²) in [4.78, 5) is 27.6. The van der Waals surface area contributed by atoms with Crippen LogP contribution in [0.3, 0.4) is 0 Å². The van der Waals surface area contributed by atoms with E-state index in [9.17, 15) is 9.59 Å². The van der Waals surface area contributed by atoms with Gasteiger partial charge in [-0.2, -0.15) is 0 Å². The van der Waals surface area contributed by atoms with Crippen molar-refractivity contribution in [1.29, 1.82) is 0 Å². The molecule has 6 heteroatoms. The second-order valence-corrected chi connectivity index (χ2v) is 8.52. The van der Waals surface area contributed by atoms with Crippen LogP contribution in [0.25, 0.3) is 10.9 Å². The van der Waals surface area contributed by atoms with E-state index < -0.39 is 0 Å². The molecule has 3 aromatic rings. The van der Waals surface area contributed by atoms with Gasteiger partial charge in [-0.15, -0.1) is 11.3 Å². The molecular weight excluding hydrogens is 370 g/mol. The van der Waals surface area contributed by atoms with Crippen LogP contribution in [-0.2, 0) is 16.6 Å². The average Bonchev–Trinajstić information content (AvgIpc) is 3.35. The van der Waals surface area contributed by atoms with Crippen molar-refractivity contribution < 1.29 is 9.59 Å². The summed E-state index contributed by atoms with van der Waals surface area (Å²) in [5.74, 6) is -0.170. The van der Waals surface area contributed by atoms with Crippen molar-refractivity contribution in [2.24, 2.45) is 18.7 Å². The number of rotatable bonds is 5. The summed E-state index contributed by atoms with van der Waals surface area (Å²) in [5.41, 5.74) is 7.79. The van der Waals surface area contributed by atoms with Crippen LogP contribution < -0.4 is 5.73 Å². The molecule has 2 amide bonds. The number of fused-ring (bicyclic) bond motifs is 1. The summed E-state index contributed by atoms with van der Waals surface area (Å²) < 4.78 is 2.13. The van der Waals surface area contributed by atoms with Crippen LogP contribution in [0.2, 0.25) is 0 Å². The lowest BCUT2D eigenvalue weighted by molar-refractivity contribution is -0.135. The standard InChI is InChI=1S/C22H25N3O2S/c1-24-14-18(16-5-2-3-6-19(16)24)17(20-7-4-12-28-20)13-21(26)25-10-8-15(9-11-25)22(23)27/h2-7,12,14-15,17H,8-11,13H2,1H3,(H2,23,27). The molecule has 1 aliphatic rings. The molecule has 1 aromatic carbocycles. The van der Waals surface area contributed by atoms with Crippen molar-refractivity contribution in [3.63, 3.8) is 0 Å². The Labute approximate surface area is 168 Å². The highest BCUT2D eigenvalue weighted by atomic mass is 32.1. The molecule has 0 aliphatic carbocycles. The van der Waals surface area contributed by atoms with E-state index >= 15 is 0 Å². The van der Waals surface area contributed by atoms with Gasteiger partial charge in [-0.3, -0.25) is 9.59 Å². The van der Waals surface area contributed by atoms with Crippen LogP contribution in [0.1, 0.15) is 35.6 Å². The topological polar surface area (TPSA) is 68.3 Å². The van der Waals surface area contributed by atoms with E-state index in [0.29, 0.717) is 32.4 Å². The minimum absolute atomic E-state index is 0.0347. The number of nitrogens with zero attached hydrogens (tertiary/aromatic N) is 2. The Balaban J connectivity index is 1.60. The minimum atomic E-state index is -0.251. The van der Waals surface area contributed by atoms with E-state index in [1.165, 1.54) is 21.3 Å². The Bertz CT molecular complexity index is 985. The number of thiophene rings is 1. The molecule has 5 nitrogen and oxygen atoms in total. The molecule has 4 rings (SSSR count). The van der Waals surface area contributed by atoms with Crippen molar-refractivity contribution >= 4 is 34.1 Å². The molecule has 3 heterocycles. The molecule has 1 unspecified atom stereocenters. The quantitative estimate of drug-likeness (QED) is 0.719. The fourth-order valence-corrected chi connectivity index (χ4v) is 5.07. The van der Waals surface area contributed by atoms with Crippen molar-refractivity contribution in [3.8, 4) is 0 Å². The number of aryl methyl sites for hydroxylation is 1. The smallest absolute Gasteiger partial charge is 0.223 e. The molecule has 2 N–H and O–H groups in total. The number of para-hydroxylation sites is 1. The van der Waals surface area contributed by atoms with Gasteiger partial charge >= 0.3 is 0 Å². The van der Waals surface area contributed by atoms with Crippen molar-refractivity contribution in [1.82, 2.24) is 9.47 Å². The summed E-state index contributed by atoms with van der Waals surface area (Å²) in [6.45, 7) is 1.22. The van der Waals surface area contributed by atoms with Gasteiger partial charge in [-0.1, -0.05) is 24.3 Å². The van der Waals surface area contributed by atoms with E-state index in [0.717, 1.165) is 0 Å². The Hall–Kier alpha value is -2.60. The highest BCUT2D eigenvalue weighted by Crippen LogP contribution is 2.37. The number of likely N-dealkylation sites (tertiary alicyclic amines) is 1. The molecule has 28 heavy (non-hydrogen) atoms. The fraction of sp³-hybridized carbons (Fsp3) is 0.364. The molecule has 0 spiro atoms. The lowest BCUT2D eigenvalue weighted by Gasteiger charge is -2.31. The zero-order chi connectivity index (χ0) is 19.7. The van der Waals surface area contributed by atoms with Gasteiger partial charge in [0.05, 0.1) is 0 Å². The van der Waals surface area contributed by atoms with Crippen LogP contribution in [0.5, 0.6) is 0 Å². The van der Waals surface area contributed by atoms with Crippen LogP contribution in [-0.4, -0.2) is 34.4 Å². The number of piperidine rings is 1. The molecule has 2 aromatic heterocycles. The number of primary amides is 1. The first-order valence-corrected chi connectivity index (χ1v) is 10.6. The molecule has 146 valence electrons. The number of carbonyl (C=O) groups excluding carboxylic acids is 2. The number of aromatic nitrogens is 1. The van der Waals surface area contributed by atoms with Crippen LogP contribution in [0.15, 0.2) is 48.0 Å². The predicted octanol–water partition coefficient (Wildman–Crippen LogP) is 3.49. The number of carbonyl (C=O) groups is 2. The number of benzene rings is 1. The number of nitrogens with two attached hydrogens (primary N) is 1. The van der Waals surface area contributed by atoms with Gasteiger partial charge in [0.15, 0.2) is 0 Å². The van der Waals surface area contributed by atoms with Gasteiger partial charge < -0.3 is 15.2 Å². The molecular formula is C22H25N3O2S. The number of hydrogen-bond acceptors (Lipinski definition) is 3. The fourth-order valence-electron chi connectivity index (χ4n) is 4.22. The van der Waals surface area contributed by atoms with E-state index in [-0.39, 0.29) is 23.7 Å². The van der Waals surface area contributed by atoms with E-state index in [2.05, 4.69) is 34.3 Å². The predicted molar refractivity (Wildman–Crippen MR) is 112 cm³/mol. The molecule has 1 saturated heterocycles. The lowest BCUT2D eigenvalue weighted by atomic mass is 9.91. The molecule has 0 bridgehead atoms. The van der Waals surface area contributed by atoms with Gasteiger partial charge in [0.25, 0.3) is 0 Å². The summed E-state index contributed by atoms with van der Waals surface area (Å²) in [6.07, 6.45) is 3.93. The summed E-state index contributed by atoms with van der Waals surface area (Å²) in [6, 6.07) is 12.5. The van der Waals surface area contributed by atoms with Crippen LogP contribution >= 0.6 is 11.3 Å². The minimum Gasteiger partial charge on any atom is -0.369 e. The summed E-state index contributed by atoms with van der Waals surface area (Å²) in [5, 5.41) is 3.26. The van der Waals surface area contributed by atoms with E-state index in [4.69, 9.17) is 5.73 Å². The summed E-state index contributed by atoms with van der Waals surface area (Å²) >= 11 is 1.70. The van der Waals surface area contributed by atoms with Gasteiger partial charge in [0.2, 0.25) is 11.8 Å². The van der Waals surface area contributed by atoms with E-state index in [1.807, 2.05) is 30.1 Å². The number of amides is 2. The van der Waals surface area contributed by atoms with Gasteiger partial charge in [-0.25, -0.2) is 0 Å². The Morgan fingerprint density at radius 2 is 1.93 bits per heavy atom. The number of hydrogen-bond donors (Lipinski definition) is 1. The summed E-state index contributed by atoms with van der Waals surface area (Å²) in [7, 11) is 2.05. The van der Waals surface area contributed by atoms with Crippen molar-refractivity contribution in [2.75, 3.05) is 13.1 Å². The maximum absolute atomic E-state index is 13.1. The lowest BCUT2D eigenvalue weighted by Crippen LogP contribution is -2.42. The molecule has 1 fully saturated rings. The third kappa shape index (κ3) is 3.56. The first-order valence-electron chi connectivity index (χ1n) is 9.69. The third-order valence-corrected chi connectivity index (χ3v) is 6.80. The first kappa shape index (κ1) is 18.7. The molecule has 1 aliphatic heterocycles. The first-order chi connectivity index (χ1) is 13.5. The molecule has 1 atom stereocenters. The van der Waals surface area contributed by atoms with Crippen LogP contribution in [0.4, 0.5) is 0 Å². The maximum atomic E-state index is 13.1. The molecule has 0 radical (unpaired) electrons. The van der Waals surface area contributed by atoms with E-state index in [1.54, 1.807) is 11.3 Å². The SMILES string of the molecule is Cn1cc(C(CC(=O)N2CCC(C(N)=O)CC2)c2cccs2)c2ccccc21. The zero-order valence-electron chi connectivity index (χ0n) is 16.0. The Morgan fingerprint density at radius 3 is 2.61 bits per heavy atom. The van der Waals surface area contributed by atoms with Gasteiger partial charge in [-0.05, 0) is 35.9 Å². The van der Waals surface area contributed by atoms with Gasteiger partial charge in [0, 0.05) is 60.4 Å².